The molecule has 1 aliphatic rings. The summed E-state index contributed by atoms with van der Waals surface area (Å²) in [5, 5.41) is 0. The Hall–Kier alpha value is -0.820. The molecule has 1 saturated heterocycles. The van der Waals surface area contributed by atoms with Gasteiger partial charge in [-0.15, -0.1) is 0 Å². The molecule has 2 atom stereocenters. The largest absolute Gasteiger partial charge is 0.469 e. The number of rotatable bonds is 3. The van der Waals surface area contributed by atoms with Crippen LogP contribution >= 0.6 is 0 Å². The second kappa shape index (κ2) is 5.68. The molecule has 0 saturated carbocycles. The number of esters is 1. The molecule has 7 heteroatoms. The molecular weight excluding hydrogens is 237 g/mol. The van der Waals surface area contributed by atoms with E-state index >= 15 is 0 Å². The third-order valence-electron chi connectivity index (χ3n) is 2.90. The van der Waals surface area contributed by atoms with E-state index in [0.717, 1.165) is 13.5 Å². The van der Waals surface area contributed by atoms with Crippen molar-refractivity contribution in [3.8, 4) is 0 Å². The normalized spacial score (nSPS) is 24.4. The molecule has 1 heterocycles. The fourth-order valence-electron chi connectivity index (χ4n) is 2.02. The summed E-state index contributed by atoms with van der Waals surface area (Å²) in [5.74, 6) is -0.855. The van der Waals surface area contributed by atoms with Crippen molar-refractivity contribution in [1.29, 1.82) is 0 Å². The summed E-state index contributed by atoms with van der Waals surface area (Å²) in [6, 6.07) is -2.05. The second-order valence-corrected chi connectivity index (χ2v) is 4.23. The zero-order valence-corrected chi connectivity index (χ0v) is 9.67. The molecule has 1 rings (SSSR count). The number of carbonyl (C=O) groups is 1. The number of halogens is 3. The summed E-state index contributed by atoms with van der Waals surface area (Å²) in [4.78, 5) is 12.2. The smallest absolute Gasteiger partial charge is 0.404 e. The highest BCUT2D eigenvalue weighted by Crippen LogP contribution is 2.29. The molecule has 1 aliphatic heterocycles. The van der Waals surface area contributed by atoms with Gasteiger partial charge in [0, 0.05) is 12.6 Å². The van der Waals surface area contributed by atoms with Gasteiger partial charge < -0.3 is 10.5 Å². The Labute approximate surface area is 97.9 Å². The molecule has 17 heavy (non-hydrogen) atoms. The van der Waals surface area contributed by atoms with E-state index in [0.29, 0.717) is 13.0 Å². The first-order valence-corrected chi connectivity index (χ1v) is 5.47. The van der Waals surface area contributed by atoms with Crippen molar-refractivity contribution in [3.63, 3.8) is 0 Å². The third kappa shape index (κ3) is 4.16. The first-order valence-electron chi connectivity index (χ1n) is 5.47. The number of methoxy groups -OCH3 is 1. The first kappa shape index (κ1) is 14.2. The van der Waals surface area contributed by atoms with Gasteiger partial charge in [0.25, 0.3) is 0 Å². The number of nitrogens with two attached hydrogens (primary N) is 1. The van der Waals surface area contributed by atoms with E-state index in [1.165, 1.54) is 4.90 Å². The molecule has 0 spiro atoms. The van der Waals surface area contributed by atoms with E-state index in [4.69, 9.17) is 5.73 Å². The van der Waals surface area contributed by atoms with Crippen LogP contribution < -0.4 is 5.73 Å². The lowest BCUT2D eigenvalue weighted by Crippen LogP contribution is -2.53. The molecule has 4 nitrogen and oxygen atoms in total. The van der Waals surface area contributed by atoms with Crippen LogP contribution in [0, 0.1) is 0 Å². The molecule has 100 valence electrons. The van der Waals surface area contributed by atoms with Crippen molar-refractivity contribution < 1.29 is 22.7 Å². The fourth-order valence-corrected chi connectivity index (χ4v) is 2.02. The maximum Gasteiger partial charge on any atom is 0.404 e. The van der Waals surface area contributed by atoms with Crippen LogP contribution in [-0.2, 0) is 9.53 Å². The molecule has 1 fully saturated rings. The number of hydrogen-bond acceptors (Lipinski definition) is 4. The lowest BCUT2D eigenvalue weighted by molar-refractivity contribution is -0.193. The summed E-state index contributed by atoms with van der Waals surface area (Å²) >= 11 is 0. The van der Waals surface area contributed by atoms with Gasteiger partial charge >= 0.3 is 12.1 Å². The topological polar surface area (TPSA) is 55.6 Å². The van der Waals surface area contributed by atoms with E-state index in [1.807, 2.05) is 0 Å². The van der Waals surface area contributed by atoms with Gasteiger partial charge in [0.1, 0.15) is 6.04 Å². The van der Waals surface area contributed by atoms with Crippen molar-refractivity contribution in [3.05, 3.63) is 0 Å². The zero-order valence-electron chi connectivity index (χ0n) is 9.67. The molecule has 0 amide bonds. The highest BCUT2D eigenvalue weighted by Gasteiger charge is 2.45. The van der Waals surface area contributed by atoms with Crippen LogP contribution in [0.25, 0.3) is 0 Å². The SMILES string of the molecule is COC(=O)CC(N1CCCC(N)C1)C(F)(F)F. The van der Waals surface area contributed by atoms with Crippen molar-refractivity contribution >= 4 is 5.97 Å². The Bertz CT molecular complexity index is 271. The Kier molecular flexibility index (Phi) is 4.76. The van der Waals surface area contributed by atoms with Crippen LogP contribution in [0.4, 0.5) is 13.2 Å². The van der Waals surface area contributed by atoms with Gasteiger partial charge in [-0.25, -0.2) is 0 Å². The quantitative estimate of drug-likeness (QED) is 0.760. The number of carbonyl (C=O) groups excluding carboxylic acids is 1. The molecular formula is C10H17F3N2O2. The molecule has 2 unspecified atom stereocenters. The van der Waals surface area contributed by atoms with E-state index < -0.39 is 24.6 Å². The van der Waals surface area contributed by atoms with Gasteiger partial charge in [0.2, 0.25) is 0 Å². The summed E-state index contributed by atoms with van der Waals surface area (Å²) in [6.45, 7) is 0.482. The lowest BCUT2D eigenvalue weighted by atomic mass is 10.0. The number of hydrogen-bond donors (Lipinski definition) is 1. The van der Waals surface area contributed by atoms with Crippen LogP contribution in [0.2, 0.25) is 0 Å². The number of ether oxygens (including phenoxy) is 1. The molecule has 2 N–H and O–H groups in total. The van der Waals surface area contributed by atoms with Crippen molar-refractivity contribution in [1.82, 2.24) is 4.90 Å². The summed E-state index contributed by atoms with van der Waals surface area (Å²) in [7, 11) is 1.08. The monoisotopic (exact) mass is 254 g/mol. The van der Waals surface area contributed by atoms with Crippen molar-refractivity contribution in [2.45, 2.75) is 37.5 Å². The molecule has 0 aromatic heterocycles. The van der Waals surface area contributed by atoms with Gasteiger partial charge in [0.15, 0.2) is 0 Å². The minimum Gasteiger partial charge on any atom is -0.469 e. The maximum atomic E-state index is 12.8. The number of nitrogens with zero attached hydrogens (tertiary/aromatic N) is 1. The first-order chi connectivity index (χ1) is 7.84. The molecule has 0 aromatic rings. The highest BCUT2D eigenvalue weighted by molar-refractivity contribution is 5.70. The third-order valence-corrected chi connectivity index (χ3v) is 2.90. The van der Waals surface area contributed by atoms with Gasteiger partial charge in [-0.05, 0) is 19.4 Å². The highest BCUT2D eigenvalue weighted by atomic mass is 19.4. The molecule has 0 aromatic carbocycles. The average Bonchev–Trinajstić information content (AvgIpc) is 2.23. The summed E-state index contributed by atoms with van der Waals surface area (Å²) < 4.78 is 42.8. The fraction of sp³-hybridized carbons (Fsp3) is 0.900. The van der Waals surface area contributed by atoms with Gasteiger partial charge in [-0.1, -0.05) is 0 Å². The lowest BCUT2D eigenvalue weighted by Gasteiger charge is -2.37. The molecule has 0 aliphatic carbocycles. The van der Waals surface area contributed by atoms with Crippen LogP contribution in [0.15, 0.2) is 0 Å². The van der Waals surface area contributed by atoms with Crippen molar-refractivity contribution in [2.24, 2.45) is 5.73 Å². The molecule has 0 radical (unpaired) electrons. The van der Waals surface area contributed by atoms with E-state index in [2.05, 4.69) is 4.74 Å². The Morgan fingerprint density at radius 3 is 2.71 bits per heavy atom. The van der Waals surface area contributed by atoms with E-state index in [9.17, 15) is 18.0 Å². The molecule has 0 bridgehead atoms. The van der Waals surface area contributed by atoms with E-state index in [1.54, 1.807) is 0 Å². The summed E-state index contributed by atoms with van der Waals surface area (Å²) in [5.41, 5.74) is 5.64. The number of alkyl halides is 3. The van der Waals surface area contributed by atoms with E-state index in [-0.39, 0.29) is 12.6 Å². The second-order valence-electron chi connectivity index (χ2n) is 4.23. The van der Waals surface area contributed by atoms with Crippen LogP contribution in [-0.4, -0.2) is 49.3 Å². The predicted octanol–water partition coefficient (Wildman–Crippen LogP) is 0.904. The maximum absolute atomic E-state index is 12.8. The minimum atomic E-state index is -4.44. The Balaban J connectivity index is 2.71. The van der Waals surface area contributed by atoms with Crippen molar-refractivity contribution in [2.75, 3.05) is 20.2 Å². The average molecular weight is 254 g/mol. The number of piperidine rings is 1. The standard InChI is InChI=1S/C10H17F3N2O2/c1-17-9(16)5-8(10(11,12)13)15-4-2-3-7(14)6-15/h7-8H,2-6,14H2,1H3. The van der Waals surface area contributed by atoms with Crippen LogP contribution in [0.1, 0.15) is 19.3 Å². The van der Waals surface area contributed by atoms with Gasteiger partial charge in [0.05, 0.1) is 13.5 Å². The minimum absolute atomic E-state index is 0.168. The zero-order chi connectivity index (χ0) is 13.1. The number of likely N-dealkylation sites (tertiary alicyclic amines) is 1. The predicted molar refractivity (Wildman–Crippen MR) is 55.3 cm³/mol. The van der Waals surface area contributed by atoms with Gasteiger partial charge in [-0.3, -0.25) is 9.69 Å². The van der Waals surface area contributed by atoms with Crippen LogP contribution in [0.5, 0.6) is 0 Å². The Morgan fingerprint density at radius 1 is 1.59 bits per heavy atom. The Morgan fingerprint density at radius 2 is 2.24 bits per heavy atom. The van der Waals surface area contributed by atoms with Crippen LogP contribution in [0.3, 0.4) is 0 Å². The van der Waals surface area contributed by atoms with Gasteiger partial charge in [-0.2, -0.15) is 13.2 Å². The summed E-state index contributed by atoms with van der Waals surface area (Å²) in [6.07, 6.45) is -3.77.